The maximum absolute atomic E-state index is 11.5. The molecule has 1 aromatic carbocycles. The summed E-state index contributed by atoms with van der Waals surface area (Å²) in [6.07, 6.45) is 0. The summed E-state index contributed by atoms with van der Waals surface area (Å²) in [7, 11) is 0. The van der Waals surface area contributed by atoms with Gasteiger partial charge in [-0.05, 0) is 32.0 Å². The van der Waals surface area contributed by atoms with Crippen LogP contribution in [0.3, 0.4) is 0 Å². The highest BCUT2D eigenvalue weighted by molar-refractivity contribution is 9.10. The van der Waals surface area contributed by atoms with E-state index in [-0.39, 0.29) is 5.56 Å². The first kappa shape index (κ1) is 14.2. The van der Waals surface area contributed by atoms with Crippen molar-refractivity contribution in [1.29, 1.82) is 0 Å². The van der Waals surface area contributed by atoms with Crippen LogP contribution in [-0.4, -0.2) is 21.0 Å². The first-order valence-corrected chi connectivity index (χ1v) is 7.84. The van der Waals surface area contributed by atoms with Crippen LogP contribution in [0, 0.1) is 13.8 Å². The van der Waals surface area contributed by atoms with Gasteiger partial charge in [-0.15, -0.1) is 11.3 Å². The van der Waals surface area contributed by atoms with Gasteiger partial charge in [0, 0.05) is 9.86 Å². The van der Waals surface area contributed by atoms with Crippen LogP contribution in [0.5, 0.6) is 0 Å². The summed E-state index contributed by atoms with van der Waals surface area (Å²) in [5.41, 5.74) is 2.44. The number of carboxylic acid groups (broad SMARTS) is 1. The second-order valence-electron chi connectivity index (χ2n) is 4.67. The summed E-state index contributed by atoms with van der Waals surface area (Å²) in [6.45, 7) is 3.84. The fraction of sp³-hybridized carbons (Fsp3) is 0.133. The Morgan fingerprint density at radius 2 is 2.00 bits per heavy atom. The smallest absolute Gasteiger partial charge is 0.336 e. The molecule has 0 aliphatic rings. The maximum atomic E-state index is 11.5. The number of halogens is 1. The third-order valence-corrected chi connectivity index (χ3v) is 4.73. The van der Waals surface area contributed by atoms with Gasteiger partial charge < -0.3 is 5.11 Å². The van der Waals surface area contributed by atoms with Gasteiger partial charge in [-0.3, -0.25) is 0 Å². The van der Waals surface area contributed by atoms with Gasteiger partial charge >= 0.3 is 5.97 Å². The number of carboxylic acids is 1. The van der Waals surface area contributed by atoms with Crippen LogP contribution < -0.4 is 0 Å². The van der Waals surface area contributed by atoms with E-state index in [1.165, 1.54) is 11.3 Å². The number of fused-ring (bicyclic) bond motifs is 1. The van der Waals surface area contributed by atoms with Gasteiger partial charge in [0.05, 0.1) is 32.4 Å². The number of hydrogen-bond acceptors (Lipinski definition) is 4. The van der Waals surface area contributed by atoms with Crippen molar-refractivity contribution < 1.29 is 9.90 Å². The van der Waals surface area contributed by atoms with E-state index >= 15 is 0 Å². The Labute approximate surface area is 133 Å². The molecule has 21 heavy (non-hydrogen) atoms. The molecular weight excluding hydrogens is 352 g/mol. The second-order valence-corrected chi connectivity index (χ2v) is 6.79. The number of nitrogens with zero attached hydrogens (tertiary/aromatic N) is 2. The van der Waals surface area contributed by atoms with Crippen molar-refractivity contribution in [2.45, 2.75) is 13.8 Å². The van der Waals surface area contributed by atoms with Crippen molar-refractivity contribution in [3.05, 3.63) is 45.0 Å². The molecule has 0 aliphatic heterocycles. The zero-order chi connectivity index (χ0) is 15.1. The highest BCUT2D eigenvalue weighted by atomic mass is 79.9. The molecular formula is C15H11BrN2O2S. The number of benzene rings is 1. The lowest BCUT2D eigenvalue weighted by Gasteiger charge is -2.06. The highest BCUT2D eigenvalue weighted by Gasteiger charge is 2.16. The molecule has 0 bridgehead atoms. The minimum absolute atomic E-state index is 0.257. The largest absolute Gasteiger partial charge is 0.478 e. The van der Waals surface area contributed by atoms with Crippen molar-refractivity contribution in [2.75, 3.05) is 0 Å². The number of thiazole rings is 1. The van der Waals surface area contributed by atoms with E-state index < -0.39 is 5.97 Å². The predicted molar refractivity (Wildman–Crippen MR) is 87.0 cm³/mol. The Kier molecular flexibility index (Phi) is 3.51. The van der Waals surface area contributed by atoms with Crippen LogP contribution in [0.1, 0.15) is 21.1 Å². The minimum atomic E-state index is -0.954. The Hall–Kier alpha value is -1.79. The molecule has 106 valence electrons. The zero-order valence-electron chi connectivity index (χ0n) is 11.3. The molecule has 6 heteroatoms. The van der Waals surface area contributed by atoms with Crippen LogP contribution in [0.25, 0.3) is 21.5 Å². The molecule has 2 heterocycles. The zero-order valence-corrected chi connectivity index (χ0v) is 13.7. The molecule has 0 fully saturated rings. The monoisotopic (exact) mass is 362 g/mol. The normalized spacial score (nSPS) is 11.0. The number of rotatable bonds is 2. The van der Waals surface area contributed by atoms with Gasteiger partial charge in [0.1, 0.15) is 0 Å². The van der Waals surface area contributed by atoms with E-state index in [4.69, 9.17) is 0 Å². The van der Waals surface area contributed by atoms with Crippen molar-refractivity contribution in [3.63, 3.8) is 0 Å². The van der Waals surface area contributed by atoms with Gasteiger partial charge in [0.15, 0.2) is 0 Å². The van der Waals surface area contributed by atoms with Crippen LogP contribution in [-0.2, 0) is 0 Å². The molecule has 0 radical (unpaired) electrons. The molecule has 0 atom stereocenters. The lowest BCUT2D eigenvalue weighted by atomic mass is 10.1. The predicted octanol–water partition coefficient (Wildman–Crippen LogP) is 4.44. The number of aromatic nitrogens is 2. The van der Waals surface area contributed by atoms with E-state index in [1.54, 1.807) is 12.1 Å². The van der Waals surface area contributed by atoms with Gasteiger partial charge in [-0.1, -0.05) is 22.0 Å². The standard InChI is InChI=1S/C15H11BrN2O2S/c1-7-14(21-8(2)17-7)13-6-11(15(19)20)10-4-3-9(16)5-12(10)18-13/h3-6H,1-2H3,(H,19,20). The summed E-state index contributed by atoms with van der Waals surface area (Å²) in [6, 6.07) is 7.04. The molecule has 0 saturated carbocycles. The van der Waals surface area contributed by atoms with Crippen LogP contribution >= 0.6 is 27.3 Å². The summed E-state index contributed by atoms with van der Waals surface area (Å²) in [5.74, 6) is -0.954. The number of pyridine rings is 1. The summed E-state index contributed by atoms with van der Waals surface area (Å²) < 4.78 is 0.869. The summed E-state index contributed by atoms with van der Waals surface area (Å²) in [4.78, 5) is 21.4. The van der Waals surface area contributed by atoms with Crippen LogP contribution in [0.15, 0.2) is 28.7 Å². The summed E-state index contributed by atoms with van der Waals surface area (Å²) >= 11 is 4.92. The molecule has 4 nitrogen and oxygen atoms in total. The number of carbonyl (C=O) groups is 1. The van der Waals surface area contributed by atoms with E-state index in [9.17, 15) is 9.90 Å². The average molecular weight is 363 g/mol. The Morgan fingerprint density at radius 1 is 1.24 bits per heavy atom. The van der Waals surface area contributed by atoms with Crippen molar-refractivity contribution >= 4 is 44.1 Å². The first-order chi connectivity index (χ1) is 9.95. The van der Waals surface area contributed by atoms with Crippen molar-refractivity contribution in [2.24, 2.45) is 0 Å². The third-order valence-electron chi connectivity index (χ3n) is 3.14. The van der Waals surface area contributed by atoms with Crippen molar-refractivity contribution in [3.8, 4) is 10.6 Å². The number of aryl methyl sites for hydroxylation is 2. The first-order valence-electron chi connectivity index (χ1n) is 6.23. The topological polar surface area (TPSA) is 63.1 Å². The minimum Gasteiger partial charge on any atom is -0.478 e. The third kappa shape index (κ3) is 2.56. The van der Waals surface area contributed by atoms with E-state index in [1.807, 2.05) is 26.0 Å². The number of hydrogen-bond donors (Lipinski definition) is 1. The van der Waals surface area contributed by atoms with Gasteiger partial charge in [-0.2, -0.15) is 0 Å². The Morgan fingerprint density at radius 3 is 2.62 bits per heavy atom. The molecule has 2 aromatic heterocycles. The Bertz CT molecular complexity index is 873. The molecule has 1 N–H and O–H groups in total. The van der Waals surface area contributed by atoms with Crippen LogP contribution in [0.4, 0.5) is 0 Å². The Balaban J connectivity index is 2.34. The molecule has 0 amide bonds. The van der Waals surface area contributed by atoms with Crippen LogP contribution in [0.2, 0.25) is 0 Å². The molecule has 0 spiro atoms. The molecule has 0 aliphatic carbocycles. The maximum Gasteiger partial charge on any atom is 0.336 e. The molecule has 0 unspecified atom stereocenters. The summed E-state index contributed by atoms with van der Waals surface area (Å²) in [5, 5.41) is 11.0. The van der Waals surface area contributed by atoms with Gasteiger partial charge in [0.2, 0.25) is 0 Å². The SMILES string of the molecule is Cc1nc(C)c(-c2cc(C(=O)O)c3ccc(Br)cc3n2)s1. The van der Waals surface area contributed by atoms with Gasteiger partial charge in [-0.25, -0.2) is 14.8 Å². The average Bonchev–Trinajstić information content (AvgIpc) is 2.75. The molecule has 0 saturated heterocycles. The van der Waals surface area contributed by atoms with Crippen molar-refractivity contribution in [1.82, 2.24) is 9.97 Å². The second kappa shape index (κ2) is 5.20. The quantitative estimate of drug-likeness (QED) is 0.731. The molecule has 3 aromatic rings. The fourth-order valence-electron chi connectivity index (χ4n) is 2.26. The lowest BCUT2D eigenvalue weighted by Crippen LogP contribution is -2.00. The number of aromatic carboxylic acids is 1. The van der Waals surface area contributed by atoms with Gasteiger partial charge in [0.25, 0.3) is 0 Å². The van der Waals surface area contributed by atoms with E-state index in [0.717, 1.165) is 20.1 Å². The van der Waals surface area contributed by atoms with E-state index in [0.29, 0.717) is 16.6 Å². The van der Waals surface area contributed by atoms with E-state index in [2.05, 4.69) is 25.9 Å². The lowest BCUT2D eigenvalue weighted by molar-refractivity contribution is 0.0699. The molecule has 3 rings (SSSR count). The highest BCUT2D eigenvalue weighted by Crippen LogP contribution is 2.32. The fourth-order valence-corrected chi connectivity index (χ4v) is 3.49.